The summed E-state index contributed by atoms with van der Waals surface area (Å²) in [5.74, 6) is -1.62. The third-order valence-electron chi connectivity index (χ3n) is 1.99. The van der Waals surface area contributed by atoms with Gasteiger partial charge in [-0.2, -0.15) is 0 Å². The number of nitrogens with one attached hydrogen (secondary N) is 1. The van der Waals surface area contributed by atoms with E-state index in [4.69, 9.17) is 11.6 Å². The van der Waals surface area contributed by atoms with Crippen LogP contribution in [-0.2, 0) is 4.79 Å². The van der Waals surface area contributed by atoms with Crippen LogP contribution in [0.2, 0.25) is 0 Å². The molecule has 1 aromatic rings. The molecule has 0 unspecified atom stereocenters. The summed E-state index contributed by atoms with van der Waals surface area (Å²) in [4.78, 5) is 11.3. The third kappa shape index (κ3) is 4.14. The molecule has 1 aromatic carbocycles. The van der Waals surface area contributed by atoms with Crippen molar-refractivity contribution in [3.63, 3.8) is 0 Å². The average molecular weight is 248 g/mol. The van der Waals surface area contributed by atoms with Gasteiger partial charge < -0.3 is 5.32 Å². The van der Waals surface area contributed by atoms with E-state index < -0.39 is 11.6 Å². The van der Waals surface area contributed by atoms with Gasteiger partial charge in [0.25, 0.3) is 0 Å². The Hall–Kier alpha value is -1.16. The van der Waals surface area contributed by atoms with Gasteiger partial charge >= 0.3 is 0 Å². The normalized spacial score (nSPS) is 10.2. The van der Waals surface area contributed by atoms with E-state index >= 15 is 0 Å². The maximum atomic E-state index is 12.8. The van der Waals surface area contributed by atoms with E-state index in [0.717, 1.165) is 18.6 Å². The van der Waals surface area contributed by atoms with Crippen molar-refractivity contribution in [1.82, 2.24) is 0 Å². The predicted octanol–water partition coefficient (Wildman–Crippen LogP) is 3.31. The van der Waals surface area contributed by atoms with Gasteiger partial charge in [-0.05, 0) is 25.0 Å². The highest BCUT2D eigenvalue weighted by atomic mass is 35.5. The SMILES string of the molecule is O=C(CCCCCl)Nc1ccc(F)c(F)c1. The number of unbranched alkanes of at least 4 members (excludes halogenated alkanes) is 1. The molecule has 0 atom stereocenters. The van der Waals surface area contributed by atoms with Crippen LogP contribution in [-0.4, -0.2) is 11.8 Å². The van der Waals surface area contributed by atoms with E-state index in [1.54, 1.807) is 0 Å². The molecule has 0 aliphatic rings. The molecule has 5 heteroatoms. The number of benzene rings is 1. The van der Waals surface area contributed by atoms with E-state index in [-0.39, 0.29) is 11.6 Å². The van der Waals surface area contributed by atoms with Crippen molar-refractivity contribution in [2.45, 2.75) is 19.3 Å². The lowest BCUT2D eigenvalue weighted by Gasteiger charge is -2.04. The molecule has 0 heterocycles. The third-order valence-corrected chi connectivity index (χ3v) is 2.26. The first kappa shape index (κ1) is 12.9. The molecule has 0 radical (unpaired) electrons. The maximum absolute atomic E-state index is 12.8. The summed E-state index contributed by atoms with van der Waals surface area (Å²) in [5.41, 5.74) is 0.259. The quantitative estimate of drug-likeness (QED) is 0.628. The number of anilines is 1. The first-order valence-electron chi connectivity index (χ1n) is 4.94. The highest BCUT2D eigenvalue weighted by Gasteiger charge is 2.05. The summed E-state index contributed by atoms with van der Waals surface area (Å²) in [6.45, 7) is 0. The minimum Gasteiger partial charge on any atom is -0.326 e. The van der Waals surface area contributed by atoms with Crippen LogP contribution >= 0.6 is 11.6 Å². The summed E-state index contributed by atoms with van der Waals surface area (Å²) in [5, 5.41) is 2.48. The van der Waals surface area contributed by atoms with Crippen molar-refractivity contribution in [2.24, 2.45) is 0 Å². The van der Waals surface area contributed by atoms with Gasteiger partial charge in [-0.3, -0.25) is 4.79 Å². The molecule has 0 aliphatic heterocycles. The zero-order chi connectivity index (χ0) is 12.0. The van der Waals surface area contributed by atoms with E-state index in [0.29, 0.717) is 18.7 Å². The van der Waals surface area contributed by atoms with Crippen molar-refractivity contribution in [2.75, 3.05) is 11.2 Å². The van der Waals surface area contributed by atoms with Crippen molar-refractivity contribution >= 4 is 23.2 Å². The standard InChI is InChI=1S/C11H12ClF2NO/c12-6-2-1-3-11(16)15-8-4-5-9(13)10(14)7-8/h4-5,7H,1-3,6H2,(H,15,16). The lowest BCUT2D eigenvalue weighted by atomic mass is 10.2. The second-order valence-electron chi connectivity index (χ2n) is 3.32. The Bertz CT molecular complexity index is 371. The van der Waals surface area contributed by atoms with E-state index in [9.17, 15) is 13.6 Å². The fraction of sp³-hybridized carbons (Fsp3) is 0.364. The van der Waals surface area contributed by atoms with E-state index in [1.807, 2.05) is 0 Å². The van der Waals surface area contributed by atoms with Crippen LogP contribution in [0, 0.1) is 11.6 Å². The van der Waals surface area contributed by atoms with Crippen molar-refractivity contribution < 1.29 is 13.6 Å². The zero-order valence-electron chi connectivity index (χ0n) is 8.60. The molecule has 88 valence electrons. The zero-order valence-corrected chi connectivity index (χ0v) is 9.36. The first-order valence-corrected chi connectivity index (χ1v) is 5.48. The van der Waals surface area contributed by atoms with E-state index in [1.165, 1.54) is 6.07 Å². The molecule has 1 rings (SSSR count). The Morgan fingerprint density at radius 3 is 2.62 bits per heavy atom. The summed E-state index contributed by atoms with van der Waals surface area (Å²) in [6, 6.07) is 3.25. The summed E-state index contributed by atoms with van der Waals surface area (Å²) < 4.78 is 25.4. The van der Waals surface area contributed by atoms with Crippen LogP contribution < -0.4 is 5.32 Å². The summed E-state index contributed by atoms with van der Waals surface area (Å²) in [6.07, 6.45) is 1.76. The number of rotatable bonds is 5. The predicted molar refractivity (Wildman–Crippen MR) is 59.6 cm³/mol. The van der Waals surface area contributed by atoms with Gasteiger partial charge in [0, 0.05) is 24.1 Å². The number of carbonyl (C=O) groups is 1. The number of hydrogen-bond donors (Lipinski definition) is 1. The van der Waals surface area contributed by atoms with Crippen molar-refractivity contribution in [1.29, 1.82) is 0 Å². The van der Waals surface area contributed by atoms with Gasteiger partial charge in [0.2, 0.25) is 5.91 Å². The number of alkyl halides is 1. The molecule has 0 fully saturated rings. The number of carbonyl (C=O) groups excluding carboxylic acids is 1. The Labute approximate surface area is 97.6 Å². The van der Waals surface area contributed by atoms with E-state index in [2.05, 4.69) is 5.32 Å². The monoisotopic (exact) mass is 247 g/mol. The van der Waals surface area contributed by atoms with Crippen LogP contribution in [0.15, 0.2) is 18.2 Å². The van der Waals surface area contributed by atoms with Gasteiger partial charge in [0.1, 0.15) is 0 Å². The van der Waals surface area contributed by atoms with Crippen molar-refractivity contribution in [3.05, 3.63) is 29.8 Å². The molecule has 0 saturated heterocycles. The lowest BCUT2D eigenvalue weighted by Crippen LogP contribution is -2.11. The molecule has 0 bridgehead atoms. The fourth-order valence-electron chi connectivity index (χ4n) is 1.18. The van der Waals surface area contributed by atoms with Crippen LogP contribution in [0.5, 0.6) is 0 Å². The Morgan fingerprint density at radius 1 is 1.25 bits per heavy atom. The Morgan fingerprint density at radius 2 is 2.00 bits per heavy atom. The minimum absolute atomic E-state index is 0.226. The molecule has 1 N–H and O–H groups in total. The van der Waals surface area contributed by atoms with Gasteiger partial charge in [-0.25, -0.2) is 8.78 Å². The molecule has 0 aromatic heterocycles. The van der Waals surface area contributed by atoms with Crippen LogP contribution in [0.3, 0.4) is 0 Å². The molecule has 1 amide bonds. The molecule has 2 nitrogen and oxygen atoms in total. The second-order valence-corrected chi connectivity index (χ2v) is 3.70. The second kappa shape index (κ2) is 6.43. The minimum atomic E-state index is -0.974. The Kier molecular flexibility index (Phi) is 5.19. The lowest BCUT2D eigenvalue weighted by molar-refractivity contribution is -0.116. The average Bonchev–Trinajstić information content (AvgIpc) is 2.24. The molecule has 0 aliphatic carbocycles. The van der Waals surface area contributed by atoms with Crippen LogP contribution in [0.4, 0.5) is 14.5 Å². The first-order chi connectivity index (χ1) is 7.63. The summed E-state index contributed by atoms with van der Waals surface area (Å²) >= 11 is 5.46. The van der Waals surface area contributed by atoms with Crippen molar-refractivity contribution in [3.8, 4) is 0 Å². The van der Waals surface area contributed by atoms with Gasteiger partial charge in [-0.1, -0.05) is 0 Å². The largest absolute Gasteiger partial charge is 0.326 e. The molecule has 0 saturated carbocycles. The number of halogens is 3. The molecular weight excluding hydrogens is 236 g/mol. The molecule has 0 spiro atoms. The van der Waals surface area contributed by atoms with Gasteiger partial charge in [0.05, 0.1) is 0 Å². The highest BCUT2D eigenvalue weighted by Crippen LogP contribution is 2.13. The number of hydrogen-bond acceptors (Lipinski definition) is 1. The van der Waals surface area contributed by atoms with Crippen LogP contribution in [0.1, 0.15) is 19.3 Å². The van der Waals surface area contributed by atoms with Gasteiger partial charge in [0.15, 0.2) is 11.6 Å². The smallest absolute Gasteiger partial charge is 0.224 e. The summed E-state index contributed by atoms with van der Waals surface area (Å²) in [7, 11) is 0. The molecule has 16 heavy (non-hydrogen) atoms. The topological polar surface area (TPSA) is 29.1 Å². The molecular formula is C11H12ClF2NO. The highest BCUT2D eigenvalue weighted by molar-refractivity contribution is 6.17. The van der Waals surface area contributed by atoms with Crippen LogP contribution in [0.25, 0.3) is 0 Å². The number of amides is 1. The maximum Gasteiger partial charge on any atom is 0.224 e. The fourth-order valence-corrected chi connectivity index (χ4v) is 1.37. The Balaban J connectivity index is 2.46. The van der Waals surface area contributed by atoms with Gasteiger partial charge in [-0.15, -0.1) is 11.6 Å².